The van der Waals surface area contributed by atoms with Crippen LogP contribution >= 0.6 is 0 Å². The zero-order valence-corrected chi connectivity index (χ0v) is 26.3. The molecule has 0 bridgehead atoms. The van der Waals surface area contributed by atoms with E-state index in [1.54, 1.807) is 0 Å². The molecule has 8 aromatic carbocycles. The molecule has 0 aliphatic carbocycles. The molecule has 0 unspecified atom stereocenters. The average molecular weight is 614 g/mol. The van der Waals surface area contributed by atoms with Gasteiger partial charge >= 0.3 is 0 Å². The van der Waals surface area contributed by atoms with Crippen molar-refractivity contribution in [3.8, 4) is 33.4 Å². The van der Waals surface area contributed by atoms with Crippen molar-refractivity contribution < 1.29 is 4.42 Å². The van der Waals surface area contributed by atoms with Crippen molar-refractivity contribution in [3.63, 3.8) is 0 Å². The Morgan fingerprint density at radius 1 is 0.354 bits per heavy atom. The van der Waals surface area contributed by atoms with Crippen LogP contribution in [0.15, 0.2) is 192 Å². The van der Waals surface area contributed by atoms with Crippen LogP contribution in [0.4, 0.5) is 17.1 Å². The van der Waals surface area contributed by atoms with Crippen LogP contribution in [-0.4, -0.2) is 0 Å². The second kappa shape index (κ2) is 11.8. The fourth-order valence-electron chi connectivity index (χ4n) is 6.92. The molecule has 1 aromatic heterocycles. The van der Waals surface area contributed by atoms with Crippen LogP contribution in [-0.2, 0) is 0 Å². The fourth-order valence-corrected chi connectivity index (χ4v) is 6.92. The van der Waals surface area contributed by atoms with Crippen molar-refractivity contribution in [1.29, 1.82) is 0 Å². The molecule has 0 radical (unpaired) electrons. The monoisotopic (exact) mass is 613 g/mol. The highest BCUT2D eigenvalue weighted by Crippen LogP contribution is 2.41. The minimum atomic E-state index is 0.915. The summed E-state index contributed by atoms with van der Waals surface area (Å²) in [7, 11) is 0. The molecule has 0 aliphatic rings. The number of rotatable bonds is 6. The number of fused-ring (bicyclic) bond motifs is 5. The minimum absolute atomic E-state index is 0.915. The van der Waals surface area contributed by atoms with Crippen molar-refractivity contribution in [3.05, 3.63) is 188 Å². The molecular formula is C46H31NO. The number of furan rings is 1. The molecule has 48 heavy (non-hydrogen) atoms. The topological polar surface area (TPSA) is 16.4 Å². The molecule has 0 saturated carbocycles. The Balaban J connectivity index is 1.10. The molecule has 0 amide bonds. The fraction of sp³-hybridized carbons (Fsp3) is 0. The van der Waals surface area contributed by atoms with Gasteiger partial charge in [0.05, 0.1) is 0 Å². The Bertz CT molecular complexity index is 2530. The van der Waals surface area contributed by atoms with E-state index in [0.29, 0.717) is 0 Å². The van der Waals surface area contributed by atoms with Crippen molar-refractivity contribution in [2.45, 2.75) is 0 Å². The first-order valence-corrected chi connectivity index (χ1v) is 16.3. The number of nitrogens with zero attached hydrogens (tertiary/aromatic N) is 1. The lowest BCUT2D eigenvalue weighted by molar-refractivity contribution is 0.673. The van der Waals surface area contributed by atoms with Crippen LogP contribution in [0.2, 0.25) is 0 Å². The van der Waals surface area contributed by atoms with Crippen LogP contribution < -0.4 is 4.90 Å². The predicted octanol–water partition coefficient (Wildman–Crippen LogP) is 13.2. The summed E-state index contributed by atoms with van der Waals surface area (Å²) < 4.78 is 6.47. The van der Waals surface area contributed by atoms with E-state index in [2.05, 4.69) is 181 Å². The third-order valence-electron chi connectivity index (χ3n) is 9.27. The van der Waals surface area contributed by atoms with E-state index < -0.39 is 0 Å². The number of anilines is 3. The largest absolute Gasteiger partial charge is 0.455 e. The highest BCUT2D eigenvalue weighted by molar-refractivity contribution is 6.18. The average Bonchev–Trinajstić information content (AvgIpc) is 3.55. The smallest absolute Gasteiger partial charge is 0.143 e. The zero-order chi connectivity index (χ0) is 31.9. The molecule has 2 nitrogen and oxygen atoms in total. The number of hydrogen-bond donors (Lipinski definition) is 0. The molecular weight excluding hydrogens is 583 g/mol. The van der Waals surface area contributed by atoms with Crippen molar-refractivity contribution in [2.75, 3.05) is 4.90 Å². The first-order valence-electron chi connectivity index (χ1n) is 16.3. The third-order valence-corrected chi connectivity index (χ3v) is 9.27. The van der Waals surface area contributed by atoms with Gasteiger partial charge < -0.3 is 9.32 Å². The number of benzene rings is 8. The predicted molar refractivity (Wildman–Crippen MR) is 202 cm³/mol. The van der Waals surface area contributed by atoms with Gasteiger partial charge in [-0.05, 0) is 93.4 Å². The second-order valence-corrected chi connectivity index (χ2v) is 12.2. The van der Waals surface area contributed by atoms with E-state index in [1.165, 1.54) is 27.6 Å². The van der Waals surface area contributed by atoms with Crippen molar-refractivity contribution in [2.24, 2.45) is 0 Å². The summed E-state index contributed by atoms with van der Waals surface area (Å²) in [5.41, 5.74) is 12.3. The first-order chi connectivity index (χ1) is 23.8. The van der Waals surface area contributed by atoms with Crippen LogP contribution in [0.1, 0.15) is 0 Å². The summed E-state index contributed by atoms with van der Waals surface area (Å²) in [4.78, 5) is 2.31. The summed E-state index contributed by atoms with van der Waals surface area (Å²) in [5.74, 6) is 0. The van der Waals surface area contributed by atoms with E-state index in [-0.39, 0.29) is 0 Å². The van der Waals surface area contributed by atoms with Gasteiger partial charge in [-0.3, -0.25) is 0 Å². The Labute approximate surface area is 279 Å². The zero-order valence-electron chi connectivity index (χ0n) is 26.3. The quantitative estimate of drug-likeness (QED) is 0.185. The molecule has 0 spiro atoms. The van der Waals surface area contributed by atoms with Crippen LogP contribution in [0, 0.1) is 0 Å². The summed E-state index contributed by atoms with van der Waals surface area (Å²) >= 11 is 0. The molecule has 1 heterocycles. The van der Waals surface area contributed by atoms with Gasteiger partial charge in [0.1, 0.15) is 11.2 Å². The molecule has 226 valence electrons. The molecule has 2 heteroatoms. The summed E-state index contributed by atoms with van der Waals surface area (Å²) in [6.45, 7) is 0. The van der Waals surface area contributed by atoms with E-state index >= 15 is 0 Å². The Morgan fingerprint density at radius 2 is 0.917 bits per heavy atom. The standard InChI is InChI=1S/C46H31NO/c1-3-11-32(12-4-1)36-14-9-15-37(31-36)33-21-26-39(27-22-33)47(38-16-5-2-6-17-38)40-28-23-34(24-29-40)41-19-10-13-35-25-30-43-42-18-7-8-20-44(42)48-46(43)45(35)41/h1-31H. The Hall–Kier alpha value is -6.38. The summed E-state index contributed by atoms with van der Waals surface area (Å²) in [6, 6.07) is 66.8. The van der Waals surface area contributed by atoms with E-state index in [1.807, 2.05) is 12.1 Å². The number of hydrogen-bond acceptors (Lipinski definition) is 2. The molecule has 9 aromatic rings. The molecule has 0 atom stereocenters. The molecule has 0 N–H and O–H groups in total. The minimum Gasteiger partial charge on any atom is -0.455 e. The van der Waals surface area contributed by atoms with Crippen molar-refractivity contribution in [1.82, 2.24) is 0 Å². The van der Waals surface area contributed by atoms with Crippen LogP contribution in [0.5, 0.6) is 0 Å². The highest BCUT2D eigenvalue weighted by atomic mass is 16.3. The Morgan fingerprint density at radius 3 is 1.65 bits per heavy atom. The van der Waals surface area contributed by atoms with E-state index in [4.69, 9.17) is 4.42 Å². The first kappa shape index (κ1) is 27.9. The maximum absolute atomic E-state index is 6.47. The summed E-state index contributed by atoms with van der Waals surface area (Å²) in [5, 5.41) is 4.61. The maximum Gasteiger partial charge on any atom is 0.143 e. The van der Waals surface area contributed by atoms with E-state index in [0.717, 1.165) is 55.5 Å². The van der Waals surface area contributed by atoms with Gasteiger partial charge in [-0.15, -0.1) is 0 Å². The second-order valence-electron chi connectivity index (χ2n) is 12.2. The van der Waals surface area contributed by atoms with Crippen molar-refractivity contribution >= 4 is 49.8 Å². The van der Waals surface area contributed by atoms with Gasteiger partial charge in [-0.2, -0.15) is 0 Å². The molecule has 0 saturated heterocycles. The lowest BCUT2D eigenvalue weighted by atomic mass is 9.96. The SMILES string of the molecule is c1ccc(-c2cccc(-c3ccc(N(c4ccccc4)c4ccc(-c5cccc6ccc7c8ccccc8oc7c56)cc4)cc3)c2)cc1. The van der Waals surface area contributed by atoms with Gasteiger partial charge in [-0.25, -0.2) is 0 Å². The number of para-hydroxylation sites is 2. The Kier molecular flexibility index (Phi) is 6.84. The van der Waals surface area contributed by atoms with E-state index in [9.17, 15) is 0 Å². The lowest BCUT2D eigenvalue weighted by Crippen LogP contribution is -2.09. The van der Waals surface area contributed by atoms with Gasteiger partial charge in [0.25, 0.3) is 0 Å². The maximum atomic E-state index is 6.47. The summed E-state index contributed by atoms with van der Waals surface area (Å²) in [6.07, 6.45) is 0. The third kappa shape index (κ3) is 4.92. The molecule has 0 aliphatic heterocycles. The highest BCUT2D eigenvalue weighted by Gasteiger charge is 2.16. The van der Waals surface area contributed by atoms with Gasteiger partial charge in [0.2, 0.25) is 0 Å². The normalized spacial score (nSPS) is 11.3. The van der Waals surface area contributed by atoms with Crippen LogP contribution in [0.3, 0.4) is 0 Å². The van der Waals surface area contributed by atoms with Gasteiger partial charge in [0.15, 0.2) is 0 Å². The lowest BCUT2D eigenvalue weighted by Gasteiger charge is -2.26. The molecule has 9 rings (SSSR count). The van der Waals surface area contributed by atoms with Gasteiger partial charge in [0, 0.05) is 33.2 Å². The van der Waals surface area contributed by atoms with Crippen LogP contribution in [0.25, 0.3) is 66.1 Å². The van der Waals surface area contributed by atoms with Gasteiger partial charge in [-0.1, -0.05) is 133 Å². The molecule has 0 fully saturated rings.